The van der Waals surface area contributed by atoms with Crippen LogP contribution in [0.5, 0.6) is 5.75 Å². The monoisotopic (exact) mass is 387 g/mol. The summed E-state index contributed by atoms with van der Waals surface area (Å²) in [6.45, 7) is 4.44. The fourth-order valence-corrected chi connectivity index (χ4v) is 3.22. The fourth-order valence-electron chi connectivity index (χ4n) is 3.22. The number of hydrogen-bond donors (Lipinski definition) is 1. The van der Waals surface area contributed by atoms with Gasteiger partial charge in [0.25, 0.3) is 5.91 Å². The summed E-state index contributed by atoms with van der Waals surface area (Å²) in [6, 6.07) is 13.8. The molecule has 7 nitrogen and oxygen atoms in total. The van der Waals surface area contributed by atoms with Crippen LogP contribution < -0.4 is 10.1 Å². The molecule has 4 aromatic rings. The molecule has 0 fully saturated rings. The largest absolute Gasteiger partial charge is 0.495 e. The highest BCUT2D eigenvalue weighted by molar-refractivity contribution is 5.90. The van der Waals surface area contributed by atoms with Gasteiger partial charge < -0.3 is 10.1 Å². The Morgan fingerprint density at radius 2 is 2.00 bits per heavy atom. The highest BCUT2D eigenvalue weighted by Gasteiger charge is 2.13. The van der Waals surface area contributed by atoms with E-state index in [-0.39, 0.29) is 11.7 Å². The van der Waals surface area contributed by atoms with Crippen LogP contribution in [0.15, 0.2) is 54.9 Å². The molecular weight excluding hydrogens is 366 g/mol. The molecule has 0 bridgehead atoms. The first-order valence-corrected chi connectivity index (χ1v) is 9.24. The molecule has 1 aromatic carbocycles. The Balaban J connectivity index is 1.47. The molecule has 1 N–H and O–H groups in total. The van der Waals surface area contributed by atoms with E-state index in [4.69, 9.17) is 4.74 Å². The number of fused-ring (bicyclic) bond motifs is 1. The number of rotatable bonds is 5. The normalized spacial score (nSPS) is 10.9. The minimum Gasteiger partial charge on any atom is -0.495 e. The Labute approximate surface area is 168 Å². The summed E-state index contributed by atoms with van der Waals surface area (Å²) in [4.78, 5) is 21.0. The predicted octanol–water partition coefficient (Wildman–Crippen LogP) is 3.35. The molecule has 3 aromatic heterocycles. The van der Waals surface area contributed by atoms with Gasteiger partial charge in [-0.25, -0.2) is 9.50 Å². The summed E-state index contributed by atoms with van der Waals surface area (Å²) in [5.74, 6) is 0.451. The van der Waals surface area contributed by atoms with Gasteiger partial charge in [0.2, 0.25) is 5.82 Å². The molecule has 1 amide bonds. The van der Waals surface area contributed by atoms with Crippen molar-refractivity contribution in [3.8, 4) is 16.9 Å². The zero-order valence-corrected chi connectivity index (χ0v) is 16.5. The number of carbonyl (C=O) groups excluding carboxylic acids is 1. The number of nitrogens with one attached hydrogen (secondary N) is 1. The van der Waals surface area contributed by atoms with Gasteiger partial charge >= 0.3 is 0 Å². The lowest BCUT2D eigenvalue weighted by molar-refractivity contribution is 0.0940. The number of methoxy groups -OCH3 is 1. The SMILES string of the molecule is COc1ccc2nc(C(=O)NCc3ccc(-c4ccnc(C)c4)c(C)c3)nn2c1. The molecule has 3 heterocycles. The lowest BCUT2D eigenvalue weighted by atomic mass is 9.98. The van der Waals surface area contributed by atoms with E-state index in [1.54, 1.807) is 25.4 Å². The van der Waals surface area contributed by atoms with Crippen LogP contribution in [0.1, 0.15) is 27.4 Å². The number of nitrogens with zero attached hydrogens (tertiary/aromatic N) is 4. The van der Waals surface area contributed by atoms with Crippen LogP contribution in [0.3, 0.4) is 0 Å². The Bertz CT molecular complexity index is 1200. The molecule has 0 radical (unpaired) electrons. The summed E-state index contributed by atoms with van der Waals surface area (Å²) in [5.41, 5.74) is 6.01. The lowest BCUT2D eigenvalue weighted by Gasteiger charge is -2.10. The molecule has 0 saturated carbocycles. The number of benzene rings is 1. The maximum absolute atomic E-state index is 12.5. The first-order valence-electron chi connectivity index (χ1n) is 9.24. The highest BCUT2D eigenvalue weighted by Crippen LogP contribution is 2.24. The van der Waals surface area contributed by atoms with Crippen molar-refractivity contribution in [3.05, 3.63) is 77.5 Å². The molecule has 0 aliphatic heterocycles. The third-order valence-electron chi connectivity index (χ3n) is 4.69. The van der Waals surface area contributed by atoms with Crippen LogP contribution in [-0.2, 0) is 6.54 Å². The van der Waals surface area contributed by atoms with Crippen molar-refractivity contribution < 1.29 is 9.53 Å². The maximum Gasteiger partial charge on any atom is 0.291 e. The second-order valence-corrected chi connectivity index (χ2v) is 6.82. The first kappa shape index (κ1) is 18.6. The van der Waals surface area contributed by atoms with E-state index < -0.39 is 0 Å². The second kappa shape index (κ2) is 7.71. The van der Waals surface area contributed by atoms with Crippen LogP contribution in [0, 0.1) is 13.8 Å². The molecule has 0 unspecified atom stereocenters. The van der Waals surface area contributed by atoms with Gasteiger partial charge in [-0.2, -0.15) is 0 Å². The van der Waals surface area contributed by atoms with E-state index in [0.29, 0.717) is 17.9 Å². The van der Waals surface area contributed by atoms with Gasteiger partial charge in [0.05, 0.1) is 13.3 Å². The third-order valence-corrected chi connectivity index (χ3v) is 4.69. The Morgan fingerprint density at radius 3 is 2.76 bits per heavy atom. The van der Waals surface area contributed by atoms with Crippen molar-refractivity contribution >= 4 is 11.6 Å². The van der Waals surface area contributed by atoms with Crippen molar-refractivity contribution in [2.75, 3.05) is 7.11 Å². The van der Waals surface area contributed by atoms with E-state index >= 15 is 0 Å². The number of hydrogen-bond acceptors (Lipinski definition) is 5. The van der Waals surface area contributed by atoms with Crippen LogP contribution in [0.25, 0.3) is 16.8 Å². The minimum absolute atomic E-state index is 0.124. The van der Waals surface area contributed by atoms with Gasteiger partial charge in [0.1, 0.15) is 5.75 Å². The van der Waals surface area contributed by atoms with Crippen molar-refractivity contribution in [2.24, 2.45) is 0 Å². The number of pyridine rings is 2. The van der Waals surface area contributed by atoms with Crippen LogP contribution >= 0.6 is 0 Å². The Kier molecular flexibility index (Phi) is 4.95. The van der Waals surface area contributed by atoms with Gasteiger partial charge in [0.15, 0.2) is 5.65 Å². The van der Waals surface area contributed by atoms with Crippen LogP contribution in [0.2, 0.25) is 0 Å². The lowest BCUT2D eigenvalue weighted by Crippen LogP contribution is -2.24. The van der Waals surface area contributed by atoms with Gasteiger partial charge in [-0.05, 0) is 60.4 Å². The number of aryl methyl sites for hydroxylation is 2. The summed E-state index contributed by atoms with van der Waals surface area (Å²) in [7, 11) is 1.58. The van der Waals surface area contributed by atoms with Crippen molar-refractivity contribution in [3.63, 3.8) is 0 Å². The third kappa shape index (κ3) is 3.94. The van der Waals surface area contributed by atoms with E-state index in [0.717, 1.165) is 27.9 Å². The fraction of sp³-hybridized carbons (Fsp3) is 0.182. The van der Waals surface area contributed by atoms with Gasteiger partial charge in [0, 0.05) is 18.4 Å². The molecule has 0 spiro atoms. The number of aromatic nitrogens is 4. The summed E-state index contributed by atoms with van der Waals surface area (Å²) in [6.07, 6.45) is 3.50. The molecule has 0 aliphatic carbocycles. The predicted molar refractivity (Wildman–Crippen MR) is 110 cm³/mol. The number of ether oxygens (including phenoxy) is 1. The minimum atomic E-state index is -0.320. The van der Waals surface area contributed by atoms with E-state index in [1.807, 2.05) is 25.3 Å². The quantitative estimate of drug-likeness (QED) is 0.568. The van der Waals surface area contributed by atoms with E-state index in [1.165, 1.54) is 4.52 Å². The topological polar surface area (TPSA) is 81.4 Å². The zero-order valence-electron chi connectivity index (χ0n) is 16.5. The maximum atomic E-state index is 12.5. The zero-order chi connectivity index (χ0) is 20.4. The van der Waals surface area contributed by atoms with Crippen molar-refractivity contribution in [2.45, 2.75) is 20.4 Å². The van der Waals surface area contributed by atoms with Gasteiger partial charge in [-0.15, -0.1) is 5.10 Å². The average molecular weight is 387 g/mol. The van der Waals surface area contributed by atoms with Gasteiger partial charge in [-0.1, -0.05) is 18.2 Å². The van der Waals surface area contributed by atoms with Crippen molar-refractivity contribution in [1.29, 1.82) is 0 Å². The van der Waals surface area contributed by atoms with E-state index in [2.05, 4.69) is 45.5 Å². The molecule has 4 rings (SSSR count). The summed E-state index contributed by atoms with van der Waals surface area (Å²) in [5, 5.41) is 7.10. The molecule has 29 heavy (non-hydrogen) atoms. The van der Waals surface area contributed by atoms with Gasteiger partial charge in [-0.3, -0.25) is 9.78 Å². The summed E-state index contributed by atoms with van der Waals surface area (Å²) >= 11 is 0. The molecular formula is C22H21N5O2. The molecule has 0 saturated heterocycles. The standard InChI is InChI=1S/C22H21N5O2/c1-14-10-16(4-6-19(14)17-8-9-23-15(2)11-17)12-24-22(28)21-25-20-7-5-18(29-3)13-27(20)26-21/h4-11,13H,12H2,1-3H3,(H,24,28). The first-order chi connectivity index (χ1) is 14.0. The number of carbonyl (C=O) groups is 1. The second-order valence-electron chi connectivity index (χ2n) is 6.82. The highest BCUT2D eigenvalue weighted by atomic mass is 16.5. The molecule has 146 valence electrons. The molecule has 0 atom stereocenters. The average Bonchev–Trinajstić information content (AvgIpc) is 3.15. The smallest absolute Gasteiger partial charge is 0.291 e. The molecule has 0 aliphatic rings. The van der Waals surface area contributed by atoms with Crippen LogP contribution in [0.4, 0.5) is 0 Å². The Morgan fingerprint density at radius 1 is 1.14 bits per heavy atom. The van der Waals surface area contributed by atoms with Crippen LogP contribution in [-0.4, -0.2) is 32.6 Å². The summed E-state index contributed by atoms with van der Waals surface area (Å²) < 4.78 is 6.70. The Hall–Kier alpha value is -3.74. The molecule has 7 heteroatoms. The number of amides is 1. The van der Waals surface area contributed by atoms with E-state index in [9.17, 15) is 4.79 Å². The van der Waals surface area contributed by atoms with Crippen molar-refractivity contribution in [1.82, 2.24) is 24.9 Å².